The van der Waals surface area contributed by atoms with Crippen LogP contribution in [0.2, 0.25) is 0 Å². The Labute approximate surface area is 190 Å². The standard InChI is InChI=1S/C23H22FN3O4S/c1-13-9-14(5-7-17(13)25-4)26-21(29)23(2,3)27(22(26)32)15-6-8-19(16(24)10-15)31-20-12-30-11-18(20)28/h5-10,18,20,28H,11-12H2,1-3H3/t18-,20-/m1/s1. The lowest BCUT2D eigenvalue weighted by Gasteiger charge is -2.29. The molecule has 0 unspecified atom stereocenters. The van der Waals surface area contributed by atoms with Crippen LogP contribution < -0.4 is 14.5 Å². The molecule has 0 aromatic heterocycles. The number of aliphatic hydroxyl groups excluding tert-OH is 1. The smallest absolute Gasteiger partial charge is 0.259 e. The van der Waals surface area contributed by atoms with E-state index in [9.17, 15) is 14.3 Å². The average Bonchev–Trinajstić information content (AvgIpc) is 3.21. The van der Waals surface area contributed by atoms with Gasteiger partial charge in [0.2, 0.25) is 0 Å². The molecule has 2 aliphatic rings. The number of thiocarbonyl (C=S) groups is 1. The number of carbonyl (C=O) groups excluding carboxylic acids is 1. The molecular weight excluding hydrogens is 433 g/mol. The first kappa shape index (κ1) is 22.1. The van der Waals surface area contributed by atoms with Crippen LogP contribution in [0.5, 0.6) is 5.75 Å². The molecule has 4 rings (SSSR count). The molecule has 2 atom stereocenters. The fraction of sp³-hybridized carbons (Fsp3) is 0.348. The van der Waals surface area contributed by atoms with Crippen molar-refractivity contribution in [2.45, 2.75) is 38.5 Å². The van der Waals surface area contributed by atoms with E-state index in [2.05, 4.69) is 4.85 Å². The number of amides is 1. The summed E-state index contributed by atoms with van der Waals surface area (Å²) in [5.41, 5.74) is 1.12. The predicted octanol–water partition coefficient (Wildman–Crippen LogP) is 3.74. The largest absolute Gasteiger partial charge is 0.482 e. The minimum atomic E-state index is -1.06. The third-order valence-electron chi connectivity index (χ3n) is 5.68. The average molecular weight is 456 g/mol. The van der Waals surface area contributed by atoms with Gasteiger partial charge in [0, 0.05) is 17.4 Å². The lowest BCUT2D eigenvalue weighted by atomic mass is 10.0. The minimum absolute atomic E-state index is 0.0141. The summed E-state index contributed by atoms with van der Waals surface area (Å²) in [4.78, 5) is 19.7. The first-order valence-electron chi connectivity index (χ1n) is 10.0. The highest BCUT2D eigenvalue weighted by atomic mass is 32.1. The van der Waals surface area contributed by atoms with Gasteiger partial charge in [0.05, 0.1) is 19.8 Å². The van der Waals surface area contributed by atoms with Gasteiger partial charge in [-0.05, 0) is 62.8 Å². The number of carbonyl (C=O) groups is 1. The van der Waals surface area contributed by atoms with E-state index in [4.69, 9.17) is 28.3 Å². The Balaban J connectivity index is 1.65. The lowest BCUT2D eigenvalue weighted by Crippen LogP contribution is -2.44. The van der Waals surface area contributed by atoms with Gasteiger partial charge in [-0.3, -0.25) is 9.69 Å². The number of benzene rings is 2. The second kappa shape index (κ2) is 8.13. The number of hydrogen-bond donors (Lipinski definition) is 1. The number of hydrogen-bond acceptors (Lipinski definition) is 5. The van der Waals surface area contributed by atoms with Crippen molar-refractivity contribution in [1.29, 1.82) is 0 Å². The van der Waals surface area contributed by atoms with Gasteiger partial charge in [0.25, 0.3) is 5.91 Å². The molecule has 1 N–H and O–H groups in total. The first-order chi connectivity index (χ1) is 15.1. The molecule has 9 heteroatoms. The van der Waals surface area contributed by atoms with E-state index in [0.717, 1.165) is 5.56 Å². The fourth-order valence-electron chi connectivity index (χ4n) is 3.88. The number of halogens is 1. The van der Waals surface area contributed by atoms with Gasteiger partial charge in [0.1, 0.15) is 11.6 Å². The molecule has 166 valence electrons. The Morgan fingerprint density at radius 3 is 2.56 bits per heavy atom. The third-order valence-corrected chi connectivity index (χ3v) is 6.04. The zero-order valence-electron chi connectivity index (χ0n) is 17.8. The van der Waals surface area contributed by atoms with Crippen LogP contribution in [0, 0.1) is 19.3 Å². The van der Waals surface area contributed by atoms with Crippen molar-refractivity contribution in [3.8, 4) is 5.75 Å². The maximum absolute atomic E-state index is 14.9. The van der Waals surface area contributed by atoms with Gasteiger partial charge in [-0.25, -0.2) is 9.24 Å². The van der Waals surface area contributed by atoms with Crippen LogP contribution in [0.1, 0.15) is 19.4 Å². The summed E-state index contributed by atoms with van der Waals surface area (Å²) in [6.07, 6.45) is -1.46. The van der Waals surface area contributed by atoms with Crippen LogP contribution in [0.25, 0.3) is 4.85 Å². The Morgan fingerprint density at radius 2 is 1.97 bits per heavy atom. The number of anilines is 2. The van der Waals surface area contributed by atoms with Gasteiger partial charge in [-0.2, -0.15) is 0 Å². The van der Waals surface area contributed by atoms with Crippen LogP contribution in [0.15, 0.2) is 36.4 Å². The van der Waals surface area contributed by atoms with E-state index < -0.39 is 23.6 Å². The Morgan fingerprint density at radius 1 is 1.25 bits per heavy atom. The molecule has 7 nitrogen and oxygen atoms in total. The van der Waals surface area contributed by atoms with Crippen LogP contribution in [0.4, 0.5) is 21.5 Å². The zero-order chi connectivity index (χ0) is 23.2. The van der Waals surface area contributed by atoms with Gasteiger partial charge >= 0.3 is 0 Å². The van der Waals surface area contributed by atoms with Crippen molar-refractivity contribution in [3.05, 3.63) is 59.2 Å². The summed E-state index contributed by atoms with van der Waals surface area (Å²) < 4.78 is 25.6. The quantitative estimate of drug-likeness (QED) is 0.560. The van der Waals surface area contributed by atoms with Gasteiger partial charge in [-0.15, -0.1) is 0 Å². The summed E-state index contributed by atoms with van der Waals surface area (Å²) >= 11 is 5.63. The van der Waals surface area contributed by atoms with E-state index in [0.29, 0.717) is 17.1 Å². The number of ether oxygens (including phenoxy) is 2. The van der Waals surface area contributed by atoms with E-state index in [1.54, 1.807) is 49.9 Å². The van der Waals surface area contributed by atoms with Crippen molar-refractivity contribution in [3.63, 3.8) is 0 Å². The maximum Gasteiger partial charge on any atom is 0.259 e. The summed E-state index contributed by atoms with van der Waals surface area (Å²) in [7, 11) is 0. The van der Waals surface area contributed by atoms with Crippen LogP contribution in [-0.2, 0) is 9.53 Å². The second-order valence-corrected chi connectivity index (χ2v) is 8.64. The number of aryl methyl sites for hydroxylation is 1. The SMILES string of the molecule is [C-]#[N+]c1ccc(N2C(=O)C(C)(C)N(c3ccc(O[C@@H]4COC[C@H]4O)c(F)c3)C2=S)cc1C. The summed E-state index contributed by atoms with van der Waals surface area (Å²) in [5.74, 6) is -0.910. The molecule has 0 bridgehead atoms. The second-order valence-electron chi connectivity index (χ2n) is 8.28. The van der Waals surface area contributed by atoms with Crippen molar-refractivity contribution < 1.29 is 23.8 Å². The normalized spacial score (nSPS) is 22.4. The highest BCUT2D eigenvalue weighted by Crippen LogP contribution is 2.38. The minimum Gasteiger partial charge on any atom is -0.482 e. The van der Waals surface area contributed by atoms with E-state index >= 15 is 0 Å². The topological polar surface area (TPSA) is 66.6 Å². The molecule has 1 amide bonds. The number of nitrogens with zero attached hydrogens (tertiary/aromatic N) is 3. The Bertz CT molecular complexity index is 1150. The van der Waals surface area contributed by atoms with Crippen molar-refractivity contribution >= 4 is 40.3 Å². The summed E-state index contributed by atoms with van der Waals surface area (Å²) in [6, 6.07) is 9.40. The van der Waals surface area contributed by atoms with Gasteiger partial charge in [-0.1, -0.05) is 6.07 Å². The van der Waals surface area contributed by atoms with Crippen molar-refractivity contribution in [2.24, 2.45) is 0 Å². The lowest BCUT2D eigenvalue weighted by molar-refractivity contribution is -0.120. The highest BCUT2D eigenvalue weighted by Gasteiger charge is 2.50. The van der Waals surface area contributed by atoms with Crippen LogP contribution in [0.3, 0.4) is 0 Å². The van der Waals surface area contributed by atoms with E-state index in [1.165, 1.54) is 17.0 Å². The van der Waals surface area contributed by atoms with Crippen molar-refractivity contribution in [2.75, 3.05) is 23.0 Å². The monoisotopic (exact) mass is 455 g/mol. The van der Waals surface area contributed by atoms with Gasteiger partial charge in [0.15, 0.2) is 28.5 Å². The predicted molar refractivity (Wildman–Crippen MR) is 122 cm³/mol. The molecule has 2 aliphatic heterocycles. The number of rotatable bonds is 4. The Kier molecular flexibility index (Phi) is 5.63. The molecule has 2 heterocycles. The van der Waals surface area contributed by atoms with E-state index in [-0.39, 0.29) is 30.0 Å². The van der Waals surface area contributed by atoms with Crippen molar-refractivity contribution in [1.82, 2.24) is 0 Å². The summed E-state index contributed by atoms with van der Waals surface area (Å²) in [5, 5.41) is 10.0. The molecule has 0 saturated carbocycles. The van der Waals surface area contributed by atoms with E-state index in [1.807, 2.05) is 0 Å². The third kappa shape index (κ3) is 3.60. The molecule has 2 aromatic carbocycles. The molecule has 0 spiro atoms. The first-order valence-corrected chi connectivity index (χ1v) is 10.4. The molecule has 2 saturated heterocycles. The van der Waals surface area contributed by atoms with Crippen LogP contribution >= 0.6 is 12.2 Å². The molecule has 32 heavy (non-hydrogen) atoms. The molecule has 0 aliphatic carbocycles. The molecular formula is C23H22FN3O4S. The fourth-order valence-corrected chi connectivity index (χ4v) is 4.41. The maximum atomic E-state index is 14.9. The molecule has 2 aromatic rings. The highest BCUT2D eigenvalue weighted by molar-refractivity contribution is 7.81. The molecule has 0 radical (unpaired) electrons. The molecule has 2 fully saturated rings. The number of aliphatic hydroxyl groups is 1. The zero-order valence-corrected chi connectivity index (χ0v) is 18.6. The Hall–Kier alpha value is -3.06. The summed E-state index contributed by atoms with van der Waals surface area (Å²) in [6.45, 7) is 12.8. The van der Waals surface area contributed by atoms with Gasteiger partial charge < -0.3 is 19.5 Å². The van der Waals surface area contributed by atoms with Crippen LogP contribution in [-0.4, -0.2) is 47.1 Å².